The van der Waals surface area contributed by atoms with Crippen molar-refractivity contribution in [1.82, 2.24) is 0 Å². The van der Waals surface area contributed by atoms with Crippen LogP contribution in [0.2, 0.25) is 0 Å². The molecule has 1 N–H and O–H groups in total. The van der Waals surface area contributed by atoms with E-state index >= 15 is 0 Å². The zero-order valence-electron chi connectivity index (χ0n) is 17.7. The number of benzene rings is 2. The number of aliphatic hydroxyl groups is 1. The van der Waals surface area contributed by atoms with Gasteiger partial charge in [-0.1, -0.05) is 0 Å². The van der Waals surface area contributed by atoms with E-state index in [1.807, 2.05) is 0 Å². The van der Waals surface area contributed by atoms with Crippen LogP contribution in [0, 0.1) is 18.8 Å². The second kappa shape index (κ2) is 9.27. The number of hydrogen-bond acceptors (Lipinski definition) is 6. The summed E-state index contributed by atoms with van der Waals surface area (Å²) in [6.07, 6.45) is 0. The zero-order valence-corrected chi connectivity index (χ0v) is 20.5. The summed E-state index contributed by atoms with van der Waals surface area (Å²) in [4.78, 5) is 12.7. The van der Waals surface area contributed by atoms with Crippen LogP contribution in [0.15, 0.2) is 24.3 Å². The van der Waals surface area contributed by atoms with Gasteiger partial charge in [0, 0.05) is 50.1 Å². The van der Waals surface area contributed by atoms with Crippen LogP contribution in [0.4, 0.5) is 0 Å². The van der Waals surface area contributed by atoms with Crippen molar-refractivity contribution in [3.8, 4) is 23.0 Å². The van der Waals surface area contributed by atoms with Gasteiger partial charge >= 0.3 is 0 Å². The first-order chi connectivity index (χ1) is 14.4. The number of nitrogens with zero attached hydrogens (tertiary/aromatic N) is 1. The maximum atomic E-state index is 12.7. The summed E-state index contributed by atoms with van der Waals surface area (Å²) in [5.41, 5.74) is 2.63. The van der Waals surface area contributed by atoms with E-state index in [1.165, 1.54) is 21.1 Å². The summed E-state index contributed by atoms with van der Waals surface area (Å²) >= 11 is 0. The van der Waals surface area contributed by atoms with E-state index in [1.54, 1.807) is 24.3 Å². The van der Waals surface area contributed by atoms with E-state index in [-0.39, 0.29) is 57.6 Å². The predicted molar refractivity (Wildman–Crippen MR) is 110 cm³/mol. The minimum absolute atomic E-state index is 0. The zero-order chi connectivity index (χ0) is 21.6. The van der Waals surface area contributed by atoms with Crippen molar-refractivity contribution in [3.05, 3.63) is 58.9 Å². The Morgan fingerprint density at radius 1 is 1.19 bits per heavy atom. The molecule has 0 saturated carbocycles. The quantitative estimate of drug-likeness (QED) is 0.637. The molecule has 8 heteroatoms. The fourth-order valence-electron chi connectivity index (χ4n) is 4.50. The monoisotopic (exact) mass is 498 g/mol. The standard InChI is InChI=1S/C23H23NO6.Y/c1-11-20(12(2)26)21(13-5-14(9-25)23(28-4)19(6-13)27-3)15-7-17-18(30-10-29-17)8-16(15)22(11)24;/h5-8,11,20-21,25H,1,9-10H2,2-4H3;/q-2;/t11-,20+,21+;/m0./s1. The average Bonchev–Trinajstić information content (AvgIpc) is 3.21. The molecule has 1 heterocycles. The molecule has 0 fully saturated rings. The second-order valence-corrected chi connectivity index (χ2v) is 7.47. The number of carbonyl (C=O) groups is 1. The third-order valence-electron chi connectivity index (χ3n) is 5.88. The fourth-order valence-corrected chi connectivity index (χ4v) is 4.50. The summed E-state index contributed by atoms with van der Waals surface area (Å²) in [5.74, 6) is 0.183. The number of carbonyl (C=O) groups excluding carboxylic acids is 1. The van der Waals surface area contributed by atoms with Crippen LogP contribution in [-0.4, -0.2) is 37.6 Å². The number of rotatable bonds is 5. The van der Waals surface area contributed by atoms with Crippen molar-refractivity contribution in [2.75, 3.05) is 21.0 Å². The van der Waals surface area contributed by atoms with Crippen molar-refractivity contribution < 1.29 is 61.6 Å². The first-order valence-electron chi connectivity index (χ1n) is 9.60. The van der Waals surface area contributed by atoms with Gasteiger partial charge in [-0.2, -0.15) is 11.6 Å². The molecule has 0 aromatic heterocycles. The van der Waals surface area contributed by atoms with Gasteiger partial charge in [-0.25, -0.2) is 0 Å². The van der Waals surface area contributed by atoms with Gasteiger partial charge in [0.2, 0.25) is 6.79 Å². The Bertz CT molecular complexity index is 1010. The molecule has 1 aliphatic carbocycles. The average molecular weight is 498 g/mol. The maximum absolute atomic E-state index is 12.7. The Hall–Kier alpha value is -1.96. The van der Waals surface area contributed by atoms with Crippen molar-refractivity contribution in [2.45, 2.75) is 19.4 Å². The molecule has 31 heavy (non-hydrogen) atoms. The molecule has 1 radical (unpaired) electrons. The smallest absolute Gasteiger partial charge is 0.231 e. The molecule has 2 aliphatic rings. The Morgan fingerprint density at radius 2 is 1.87 bits per heavy atom. The molecule has 0 saturated heterocycles. The summed E-state index contributed by atoms with van der Waals surface area (Å²) in [6.45, 7) is 5.41. The van der Waals surface area contributed by atoms with Crippen LogP contribution in [0.25, 0.3) is 5.41 Å². The van der Waals surface area contributed by atoms with E-state index in [9.17, 15) is 15.3 Å². The molecule has 7 nitrogen and oxygen atoms in total. The molecular formula is C23H23NO6Y-2. The van der Waals surface area contributed by atoms with Crippen LogP contribution in [0.1, 0.15) is 35.1 Å². The van der Waals surface area contributed by atoms with Crippen molar-refractivity contribution >= 4 is 11.5 Å². The van der Waals surface area contributed by atoms with Crippen LogP contribution >= 0.6 is 0 Å². The van der Waals surface area contributed by atoms with E-state index < -0.39 is 17.8 Å². The Labute approximate surface area is 206 Å². The number of hydrogen-bond donors (Lipinski definition) is 1. The minimum atomic E-state index is -0.647. The third-order valence-corrected chi connectivity index (χ3v) is 5.88. The molecule has 1 aliphatic heterocycles. The molecule has 0 bridgehead atoms. The predicted octanol–water partition coefficient (Wildman–Crippen LogP) is 3.08. The molecule has 4 rings (SSSR count). The van der Waals surface area contributed by atoms with Gasteiger partial charge in [0.05, 0.1) is 20.8 Å². The number of Topliss-reactive ketones (excluding diaryl/α,β-unsaturated/α-hetero) is 1. The van der Waals surface area contributed by atoms with E-state index in [0.717, 1.165) is 11.1 Å². The van der Waals surface area contributed by atoms with Gasteiger partial charge in [0.25, 0.3) is 0 Å². The SMILES string of the molecule is [CH2-][C@@H]1C(=[N-])c2cc3c(cc2[C@@H](c2cc(CO)c(OC)c(OC)c2)[C@H]1C(C)=O)OCO3.[Y]. The molecule has 161 valence electrons. The van der Waals surface area contributed by atoms with Crippen LogP contribution < -0.4 is 18.9 Å². The summed E-state index contributed by atoms with van der Waals surface area (Å²) in [6, 6.07) is 7.12. The van der Waals surface area contributed by atoms with Gasteiger partial charge < -0.3 is 36.4 Å². The third kappa shape index (κ3) is 3.88. The molecule has 0 amide bonds. The Balaban J connectivity index is 0.00000272. The molecular weight excluding hydrogens is 475 g/mol. The van der Waals surface area contributed by atoms with Crippen molar-refractivity contribution in [1.29, 1.82) is 0 Å². The maximum Gasteiger partial charge on any atom is 0.231 e. The van der Waals surface area contributed by atoms with Crippen molar-refractivity contribution in [2.24, 2.45) is 11.8 Å². The Morgan fingerprint density at radius 3 is 2.45 bits per heavy atom. The number of aliphatic hydroxyl groups excluding tert-OH is 1. The largest absolute Gasteiger partial charge is 0.809 e. The topological polar surface area (TPSA) is 96.5 Å². The van der Waals surface area contributed by atoms with Crippen LogP contribution in [0.5, 0.6) is 23.0 Å². The van der Waals surface area contributed by atoms with E-state index in [4.69, 9.17) is 18.9 Å². The molecule has 3 atom stereocenters. The van der Waals surface area contributed by atoms with Crippen molar-refractivity contribution in [3.63, 3.8) is 0 Å². The van der Waals surface area contributed by atoms with Crippen LogP contribution in [-0.2, 0) is 44.1 Å². The Kier molecular flexibility index (Phi) is 7.09. The molecule has 2 aromatic rings. The normalized spacial score (nSPS) is 21.2. The number of ketones is 1. The minimum Gasteiger partial charge on any atom is -0.809 e. The fraction of sp³-hybridized carbons (Fsp3) is 0.348. The number of ether oxygens (including phenoxy) is 4. The van der Waals surface area contributed by atoms with Gasteiger partial charge in [0.15, 0.2) is 23.0 Å². The van der Waals surface area contributed by atoms with Gasteiger partial charge in [0.1, 0.15) is 5.78 Å². The summed E-state index contributed by atoms with van der Waals surface area (Å²) in [5, 5.41) is 20.7. The number of methoxy groups -OCH3 is 2. The van der Waals surface area contributed by atoms with Gasteiger partial charge in [-0.15, -0.1) is 0 Å². The molecule has 0 spiro atoms. The summed E-state index contributed by atoms with van der Waals surface area (Å²) in [7, 11) is 3.02. The number of fused-ring (bicyclic) bond motifs is 2. The first kappa shape index (κ1) is 23.7. The van der Waals surface area contributed by atoms with Gasteiger partial charge in [-0.3, -0.25) is 4.79 Å². The van der Waals surface area contributed by atoms with Crippen LogP contribution in [0.3, 0.4) is 0 Å². The molecule has 0 unspecified atom stereocenters. The second-order valence-electron chi connectivity index (χ2n) is 7.47. The molecule has 2 aromatic carbocycles. The van der Waals surface area contributed by atoms with Gasteiger partial charge in [-0.05, 0) is 47.9 Å². The first-order valence-corrected chi connectivity index (χ1v) is 9.60. The van der Waals surface area contributed by atoms with E-state index in [2.05, 4.69) is 6.92 Å². The van der Waals surface area contributed by atoms with E-state index in [0.29, 0.717) is 34.1 Å². The summed E-state index contributed by atoms with van der Waals surface area (Å²) < 4.78 is 21.9.